The van der Waals surface area contributed by atoms with E-state index in [1.165, 1.54) is 94.3 Å². The lowest BCUT2D eigenvalue weighted by molar-refractivity contribution is 0.660. The summed E-state index contributed by atoms with van der Waals surface area (Å²) in [5.74, 6) is 0. The van der Waals surface area contributed by atoms with Crippen LogP contribution in [-0.4, -0.2) is 0 Å². The van der Waals surface area contributed by atoms with Gasteiger partial charge in [0.15, 0.2) is 0 Å². The smallest absolute Gasteiger partial charge is 0.0714 e. The summed E-state index contributed by atoms with van der Waals surface area (Å²) in [6.07, 6.45) is 0. The van der Waals surface area contributed by atoms with Crippen LogP contribution in [0.2, 0.25) is 0 Å². The molecule has 0 aromatic heterocycles. The summed E-state index contributed by atoms with van der Waals surface area (Å²) in [5, 5.41) is 2.52. The molecule has 0 heterocycles. The molecule has 0 saturated heterocycles. The monoisotopic (exact) mass is 755 g/mol. The van der Waals surface area contributed by atoms with Crippen molar-refractivity contribution in [3.63, 3.8) is 0 Å². The molecular formula is C58H45N. The van der Waals surface area contributed by atoms with E-state index in [0.717, 1.165) is 11.4 Å². The van der Waals surface area contributed by atoms with Crippen LogP contribution in [0.3, 0.4) is 0 Å². The Bertz CT molecular complexity index is 3040. The quantitative estimate of drug-likeness (QED) is 0.163. The molecule has 0 fully saturated rings. The van der Waals surface area contributed by atoms with E-state index in [1.807, 2.05) is 0 Å². The van der Waals surface area contributed by atoms with Crippen LogP contribution < -0.4 is 4.90 Å². The third-order valence-corrected chi connectivity index (χ3v) is 13.3. The van der Waals surface area contributed by atoms with Gasteiger partial charge < -0.3 is 4.90 Å². The van der Waals surface area contributed by atoms with E-state index in [4.69, 9.17) is 0 Å². The summed E-state index contributed by atoms with van der Waals surface area (Å²) in [7, 11) is 0. The van der Waals surface area contributed by atoms with Gasteiger partial charge in [0.25, 0.3) is 0 Å². The van der Waals surface area contributed by atoms with Crippen molar-refractivity contribution in [1.82, 2.24) is 0 Å². The van der Waals surface area contributed by atoms with Crippen molar-refractivity contribution >= 4 is 27.8 Å². The standard InChI is InChI=1S/C58H45N/c1-38-33-43(42-28-27-40-17-11-12-18-41(40)35-42)34-39(2)56(38)59(46-29-31-50-48-23-13-15-25-52(48)57(3,4)54(50)36-46)47-30-32-51-49-24-14-16-26-53(49)58(55(51)37-47,44-19-7-5-8-20-44)45-21-9-6-10-22-45/h5-37H,1-4H3. The van der Waals surface area contributed by atoms with Crippen molar-refractivity contribution < 1.29 is 0 Å². The van der Waals surface area contributed by atoms with Crippen LogP contribution in [-0.2, 0) is 10.8 Å². The van der Waals surface area contributed by atoms with E-state index >= 15 is 0 Å². The maximum atomic E-state index is 2.54. The minimum absolute atomic E-state index is 0.132. The lowest BCUT2D eigenvalue weighted by Gasteiger charge is -2.35. The average Bonchev–Trinajstić information content (AvgIpc) is 3.70. The van der Waals surface area contributed by atoms with Crippen molar-refractivity contribution in [3.05, 3.63) is 245 Å². The van der Waals surface area contributed by atoms with Crippen LogP contribution in [0.1, 0.15) is 58.4 Å². The Morgan fingerprint density at radius 1 is 0.356 bits per heavy atom. The van der Waals surface area contributed by atoms with Gasteiger partial charge >= 0.3 is 0 Å². The zero-order valence-electron chi connectivity index (χ0n) is 34.0. The third-order valence-electron chi connectivity index (χ3n) is 13.3. The SMILES string of the molecule is Cc1cc(-c2ccc3ccccc3c2)cc(C)c1N(c1ccc2c(c1)C(C)(C)c1ccccc1-2)c1ccc2c(c1)C(c1ccccc1)(c1ccccc1)c1ccccc1-2. The topological polar surface area (TPSA) is 3.24 Å². The Hall–Kier alpha value is -6.96. The van der Waals surface area contributed by atoms with Crippen LogP contribution >= 0.6 is 0 Å². The fourth-order valence-corrected chi connectivity index (χ4v) is 10.7. The molecule has 0 N–H and O–H groups in total. The van der Waals surface area contributed by atoms with Crippen LogP contribution in [0, 0.1) is 13.8 Å². The zero-order chi connectivity index (χ0) is 39.9. The molecule has 0 radical (unpaired) electrons. The number of benzene rings is 9. The van der Waals surface area contributed by atoms with Gasteiger partial charge in [-0.25, -0.2) is 0 Å². The minimum Gasteiger partial charge on any atom is -0.310 e. The van der Waals surface area contributed by atoms with Gasteiger partial charge in [-0.05, 0) is 145 Å². The van der Waals surface area contributed by atoms with Gasteiger partial charge in [0.05, 0.1) is 11.1 Å². The van der Waals surface area contributed by atoms with Gasteiger partial charge in [-0.15, -0.1) is 0 Å². The number of hydrogen-bond acceptors (Lipinski definition) is 1. The third kappa shape index (κ3) is 5.24. The molecule has 2 aliphatic rings. The number of nitrogens with zero attached hydrogens (tertiary/aromatic N) is 1. The molecule has 1 heteroatoms. The van der Waals surface area contributed by atoms with Gasteiger partial charge in [0.2, 0.25) is 0 Å². The molecular weight excluding hydrogens is 711 g/mol. The van der Waals surface area contributed by atoms with Gasteiger partial charge in [-0.2, -0.15) is 0 Å². The Morgan fingerprint density at radius 2 is 0.847 bits per heavy atom. The lowest BCUT2D eigenvalue weighted by atomic mass is 9.67. The first-order chi connectivity index (χ1) is 28.8. The summed E-state index contributed by atoms with van der Waals surface area (Å²) in [6.45, 7) is 9.33. The first-order valence-corrected chi connectivity index (χ1v) is 20.8. The van der Waals surface area contributed by atoms with Gasteiger partial charge in [0, 0.05) is 16.8 Å². The fraction of sp³-hybridized carbons (Fsp3) is 0.103. The van der Waals surface area contributed by atoms with E-state index in [0.29, 0.717) is 0 Å². The molecule has 11 rings (SSSR count). The Kier molecular flexibility index (Phi) is 7.94. The molecule has 0 saturated carbocycles. The predicted molar refractivity (Wildman–Crippen MR) is 248 cm³/mol. The van der Waals surface area contributed by atoms with E-state index < -0.39 is 5.41 Å². The number of hydrogen-bond donors (Lipinski definition) is 0. The lowest BCUT2D eigenvalue weighted by Crippen LogP contribution is -2.28. The normalized spacial score (nSPS) is 14.0. The summed E-state index contributed by atoms with van der Waals surface area (Å²) in [4.78, 5) is 2.54. The number of aryl methyl sites for hydroxylation is 2. The molecule has 2 aliphatic carbocycles. The van der Waals surface area contributed by atoms with Gasteiger partial charge in [0.1, 0.15) is 0 Å². The first-order valence-electron chi connectivity index (χ1n) is 20.8. The van der Waals surface area contributed by atoms with Crippen molar-refractivity contribution in [2.45, 2.75) is 38.5 Å². The number of fused-ring (bicyclic) bond motifs is 7. The van der Waals surface area contributed by atoms with Crippen LogP contribution in [0.5, 0.6) is 0 Å². The highest BCUT2D eigenvalue weighted by molar-refractivity contribution is 5.93. The van der Waals surface area contributed by atoms with Crippen molar-refractivity contribution in [1.29, 1.82) is 0 Å². The van der Waals surface area contributed by atoms with Crippen LogP contribution in [0.25, 0.3) is 44.2 Å². The summed E-state index contributed by atoms with van der Waals surface area (Å²) >= 11 is 0. The number of rotatable bonds is 6. The van der Waals surface area contributed by atoms with Gasteiger partial charge in [-0.1, -0.05) is 172 Å². The molecule has 0 amide bonds. The fourth-order valence-electron chi connectivity index (χ4n) is 10.7. The second kappa shape index (κ2) is 13.3. The summed E-state index contributed by atoms with van der Waals surface area (Å²) in [6, 6.07) is 74.8. The van der Waals surface area contributed by atoms with E-state index in [-0.39, 0.29) is 5.41 Å². The van der Waals surface area contributed by atoms with Crippen molar-refractivity contribution in [3.8, 4) is 33.4 Å². The molecule has 0 spiro atoms. The molecule has 9 aromatic rings. The van der Waals surface area contributed by atoms with Crippen LogP contribution in [0.4, 0.5) is 17.1 Å². The Labute approximate surface area is 347 Å². The van der Waals surface area contributed by atoms with E-state index in [1.54, 1.807) is 0 Å². The zero-order valence-corrected chi connectivity index (χ0v) is 34.0. The Balaban J connectivity index is 1.16. The molecule has 59 heavy (non-hydrogen) atoms. The second-order valence-electron chi connectivity index (χ2n) is 17.0. The maximum absolute atomic E-state index is 2.54. The highest BCUT2D eigenvalue weighted by atomic mass is 15.1. The highest BCUT2D eigenvalue weighted by Gasteiger charge is 2.46. The largest absolute Gasteiger partial charge is 0.310 e. The Morgan fingerprint density at radius 3 is 1.49 bits per heavy atom. The summed E-state index contributed by atoms with van der Waals surface area (Å²) < 4.78 is 0. The predicted octanol–water partition coefficient (Wildman–Crippen LogP) is 15.3. The molecule has 0 unspecified atom stereocenters. The second-order valence-corrected chi connectivity index (χ2v) is 17.0. The highest BCUT2D eigenvalue weighted by Crippen LogP contribution is 2.58. The molecule has 0 atom stereocenters. The molecule has 9 aromatic carbocycles. The molecule has 0 bridgehead atoms. The van der Waals surface area contributed by atoms with Crippen LogP contribution in [0.15, 0.2) is 200 Å². The minimum atomic E-state index is -0.498. The van der Waals surface area contributed by atoms with E-state index in [9.17, 15) is 0 Å². The molecule has 1 nitrogen and oxygen atoms in total. The molecule has 282 valence electrons. The average molecular weight is 756 g/mol. The van der Waals surface area contributed by atoms with Crippen molar-refractivity contribution in [2.24, 2.45) is 0 Å². The maximum Gasteiger partial charge on any atom is 0.0714 e. The van der Waals surface area contributed by atoms with E-state index in [2.05, 4.69) is 233 Å². The number of anilines is 3. The van der Waals surface area contributed by atoms with Gasteiger partial charge in [-0.3, -0.25) is 0 Å². The molecule has 0 aliphatic heterocycles. The summed E-state index contributed by atoms with van der Waals surface area (Å²) in [5.41, 5.74) is 21.0. The van der Waals surface area contributed by atoms with Crippen molar-refractivity contribution in [2.75, 3.05) is 4.90 Å². The first kappa shape index (κ1) is 35.2.